The number of nitrogens with zero attached hydrogens (tertiary/aromatic N) is 1. The highest BCUT2D eigenvalue weighted by Crippen LogP contribution is 2.33. The number of rotatable bonds is 6. The summed E-state index contributed by atoms with van der Waals surface area (Å²) in [5.41, 5.74) is 0. The molecule has 0 aromatic heterocycles. The molecule has 3 heteroatoms. The molecule has 0 spiro atoms. The zero-order chi connectivity index (χ0) is 12.8. The van der Waals surface area contributed by atoms with Crippen LogP contribution in [0.3, 0.4) is 0 Å². The summed E-state index contributed by atoms with van der Waals surface area (Å²) in [7, 11) is 2.04. The van der Waals surface area contributed by atoms with E-state index < -0.39 is 5.97 Å². The van der Waals surface area contributed by atoms with Crippen LogP contribution in [0.25, 0.3) is 0 Å². The van der Waals surface area contributed by atoms with Gasteiger partial charge in [-0.15, -0.1) is 0 Å². The first kappa shape index (κ1) is 14.5. The lowest BCUT2D eigenvalue weighted by Crippen LogP contribution is -2.30. The van der Waals surface area contributed by atoms with E-state index in [1.54, 1.807) is 0 Å². The SMILES string of the molecule is CC(C)C1CCC(CN(C)CCC(=O)O)CC1. The molecule has 0 saturated heterocycles. The van der Waals surface area contributed by atoms with Gasteiger partial charge in [-0.25, -0.2) is 0 Å². The zero-order valence-corrected chi connectivity index (χ0v) is 11.5. The molecule has 0 aliphatic heterocycles. The standard InChI is InChI=1S/C14H27NO2/c1-11(2)13-6-4-12(5-7-13)10-15(3)9-8-14(16)17/h11-13H,4-10H2,1-3H3,(H,16,17). The van der Waals surface area contributed by atoms with Crippen LogP contribution in [0.4, 0.5) is 0 Å². The van der Waals surface area contributed by atoms with Gasteiger partial charge in [0.1, 0.15) is 0 Å². The van der Waals surface area contributed by atoms with Crippen molar-refractivity contribution in [3.63, 3.8) is 0 Å². The Labute approximate surface area is 105 Å². The van der Waals surface area contributed by atoms with Gasteiger partial charge in [-0.2, -0.15) is 0 Å². The van der Waals surface area contributed by atoms with Gasteiger partial charge in [-0.1, -0.05) is 13.8 Å². The van der Waals surface area contributed by atoms with Gasteiger partial charge in [-0.05, 0) is 50.5 Å². The fourth-order valence-corrected chi connectivity index (χ4v) is 2.86. The second-order valence-electron chi connectivity index (χ2n) is 5.93. The molecule has 0 radical (unpaired) electrons. The highest BCUT2D eigenvalue weighted by Gasteiger charge is 2.23. The molecule has 1 aliphatic rings. The number of carboxylic acid groups (broad SMARTS) is 1. The second-order valence-corrected chi connectivity index (χ2v) is 5.93. The van der Waals surface area contributed by atoms with E-state index in [-0.39, 0.29) is 6.42 Å². The average Bonchev–Trinajstić information content (AvgIpc) is 2.27. The quantitative estimate of drug-likeness (QED) is 0.777. The molecule has 0 unspecified atom stereocenters. The molecule has 0 amide bonds. The van der Waals surface area contributed by atoms with E-state index in [2.05, 4.69) is 18.7 Å². The van der Waals surface area contributed by atoms with Gasteiger partial charge >= 0.3 is 5.97 Å². The van der Waals surface area contributed by atoms with Crippen molar-refractivity contribution in [1.82, 2.24) is 4.90 Å². The number of hydrogen-bond acceptors (Lipinski definition) is 2. The van der Waals surface area contributed by atoms with Crippen molar-refractivity contribution in [3.05, 3.63) is 0 Å². The minimum absolute atomic E-state index is 0.262. The van der Waals surface area contributed by atoms with Crippen molar-refractivity contribution in [1.29, 1.82) is 0 Å². The Bertz CT molecular complexity index is 232. The Balaban J connectivity index is 2.19. The molecular weight excluding hydrogens is 214 g/mol. The van der Waals surface area contributed by atoms with Gasteiger partial charge in [0, 0.05) is 13.1 Å². The van der Waals surface area contributed by atoms with E-state index in [1.165, 1.54) is 25.7 Å². The predicted octanol–water partition coefficient (Wildman–Crippen LogP) is 2.86. The summed E-state index contributed by atoms with van der Waals surface area (Å²) in [5.74, 6) is 1.82. The van der Waals surface area contributed by atoms with Crippen LogP contribution >= 0.6 is 0 Å². The number of carboxylic acids is 1. The van der Waals surface area contributed by atoms with Gasteiger partial charge in [0.05, 0.1) is 6.42 Å². The third kappa shape index (κ3) is 5.53. The fraction of sp³-hybridized carbons (Fsp3) is 0.929. The lowest BCUT2D eigenvalue weighted by molar-refractivity contribution is -0.137. The summed E-state index contributed by atoms with van der Waals surface area (Å²) in [6.07, 6.45) is 5.61. The topological polar surface area (TPSA) is 40.5 Å². The van der Waals surface area contributed by atoms with Gasteiger partial charge in [0.2, 0.25) is 0 Å². The average molecular weight is 241 g/mol. The van der Waals surface area contributed by atoms with Crippen molar-refractivity contribution in [2.24, 2.45) is 17.8 Å². The summed E-state index contributed by atoms with van der Waals surface area (Å²) in [6.45, 7) is 6.39. The van der Waals surface area contributed by atoms with Crippen LogP contribution in [0.2, 0.25) is 0 Å². The van der Waals surface area contributed by atoms with E-state index in [9.17, 15) is 4.79 Å². The van der Waals surface area contributed by atoms with Crippen molar-refractivity contribution in [3.8, 4) is 0 Å². The smallest absolute Gasteiger partial charge is 0.304 e. The van der Waals surface area contributed by atoms with Crippen LogP contribution in [-0.4, -0.2) is 36.1 Å². The lowest BCUT2D eigenvalue weighted by atomic mass is 9.77. The molecule has 100 valence electrons. The molecule has 17 heavy (non-hydrogen) atoms. The van der Waals surface area contributed by atoms with Gasteiger partial charge in [0.25, 0.3) is 0 Å². The Kier molecular flexibility index (Phi) is 5.96. The largest absolute Gasteiger partial charge is 0.481 e. The molecule has 1 aliphatic carbocycles. The maximum atomic E-state index is 10.5. The first-order chi connectivity index (χ1) is 7.99. The van der Waals surface area contributed by atoms with Gasteiger partial charge < -0.3 is 10.0 Å². The highest BCUT2D eigenvalue weighted by atomic mass is 16.4. The highest BCUT2D eigenvalue weighted by molar-refractivity contribution is 5.66. The summed E-state index contributed by atoms with van der Waals surface area (Å²) in [4.78, 5) is 12.7. The lowest BCUT2D eigenvalue weighted by Gasteiger charge is -2.33. The van der Waals surface area contributed by atoms with Crippen LogP contribution in [-0.2, 0) is 4.79 Å². The van der Waals surface area contributed by atoms with E-state index in [0.717, 1.165) is 24.3 Å². The third-order valence-corrected chi connectivity index (χ3v) is 4.11. The predicted molar refractivity (Wildman–Crippen MR) is 70.0 cm³/mol. The molecular formula is C14H27NO2. The van der Waals surface area contributed by atoms with E-state index in [1.807, 2.05) is 7.05 Å². The minimum atomic E-state index is -0.694. The molecule has 1 rings (SSSR count). The molecule has 1 saturated carbocycles. The Morgan fingerprint density at radius 1 is 1.29 bits per heavy atom. The van der Waals surface area contributed by atoms with E-state index >= 15 is 0 Å². The third-order valence-electron chi connectivity index (χ3n) is 4.11. The maximum absolute atomic E-state index is 10.5. The normalized spacial score (nSPS) is 25.5. The molecule has 1 fully saturated rings. The van der Waals surface area contributed by atoms with E-state index in [4.69, 9.17) is 5.11 Å². The summed E-state index contributed by atoms with van der Waals surface area (Å²) in [6, 6.07) is 0. The summed E-state index contributed by atoms with van der Waals surface area (Å²) >= 11 is 0. The molecule has 0 bridgehead atoms. The fourth-order valence-electron chi connectivity index (χ4n) is 2.86. The van der Waals surface area contributed by atoms with Crippen LogP contribution in [0.15, 0.2) is 0 Å². The van der Waals surface area contributed by atoms with Crippen LogP contribution in [0, 0.1) is 17.8 Å². The molecule has 0 atom stereocenters. The molecule has 3 nitrogen and oxygen atoms in total. The molecule has 1 N–H and O–H groups in total. The second kappa shape index (κ2) is 7.00. The van der Waals surface area contributed by atoms with Crippen LogP contribution in [0.5, 0.6) is 0 Å². The van der Waals surface area contributed by atoms with Crippen LogP contribution in [0.1, 0.15) is 46.0 Å². The van der Waals surface area contributed by atoms with Gasteiger partial charge in [-0.3, -0.25) is 4.79 Å². The van der Waals surface area contributed by atoms with Crippen molar-refractivity contribution in [2.75, 3.05) is 20.1 Å². The first-order valence-electron chi connectivity index (χ1n) is 6.89. The molecule has 0 heterocycles. The molecule has 0 aromatic carbocycles. The Morgan fingerprint density at radius 2 is 1.88 bits per heavy atom. The van der Waals surface area contributed by atoms with Gasteiger partial charge in [0.15, 0.2) is 0 Å². The van der Waals surface area contributed by atoms with E-state index in [0.29, 0.717) is 6.54 Å². The zero-order valence-electron chi connectivity index (χ0n) is 11.5. The number of hydrogen-bond donors (Lipinski definition) is 1. The number of aliphatic carboxylic acids is 1. The summed E-state index contributed by atoms with van der Waals surface area (Å²) < 4.78 is 0. The van der Waals surface area contributed by atoms with Crippen LogP contribution < -0.4 is 0 Å². The number of carbonyl (C=O) groups is 1. The minimum Gasteiger partial charge on any atom is -0.481 e. The Hall–Kier alpha value is -0.570. The summed E-state index contributed by atoms with van der Waals surface area (Å²) in [5, 5.41) is 8.64. The van der Waals surface area contributed by atoms with Crippen molar-refractivity contribution in [2.45, 2.75) is 46.0 Å². The molecule has 0 aromatic rings. The first-order valence-corrected chi connectivity index (χ1v) is 6.89. The van der Waals surface area contributed by atoms with Crippen molar-refractivity contribution < 1.29 is 9.90 Å². The maximum Gasteiger partial charge on any atom is 0.304 e. The Morgan fingerprint density at radius 3 is 2.35 bits per heavy atom. The van der Waals surface area contributed by atoms with Crippen molar-refractivity contribution >= 4 is 5.97 Å². The monoisotopic (exact) mass is 241 g/mol.